The van der Waals surface area contributed by atoms with E-state index in [2.05, 4.69) is 25.9 Å². The van der Waals surface area contributed by atoms with E-state index in [1.807, 2.05) is 0 Å². The lowest BCUT2D eigenvalue weighted by molar-refractivity contribution is 0.157. The molecule has 0 amide bonds. The second-order valence-electron chi connectivity index (χ2n) is 8.25. The molecule has 1 atom stereocenters. The monoisotopic (exact) mass is 323 g/mol. The molecule has 0 aromatic carbocycles. The van der Waals surface area contributed by atoms with Gasteiger partial charge >= 0.3 is 0 Å². The Bertz CT molecular complexity index is 242. The summed E-state index contributed by atoms with van der Waals surface area (Å²) >= 11 is 0. The highest BCUT2D eigenvalue weighted by Crippen LogP contribution is 2.30. The topological polar surface area (TPSA) is 3.24 Å². The maximum absolute atomic E-state index is 2.52. The molecule has 0 aromatic heterocycles. The van der Waals surface area contributed by atoms with Crippen LogP contribution >= 0.6 is 0 Å². The highest BCUT2D eigenvalue weighted by Gasteiger charge is 2.24. The Kier molecular flexibility index (Phi) is 13.1. The van der Waals surface area contributed by atoms with Crippen LogP contribution in [0.3, 0.4) is 0 Å². The van der Waals surface area contributed by atoms with Gasteiger partial charge in [-0.2, -0.15) is 0 Å². The van der Waals surface area contributed by atoms with Crippen LogP contribution in [0.25, 0.3) is 0 Å². The third-order valence-corrected chi connectivity index (χ3v) is 5.96. The van der Waals surface area contributed by atoms with E-state index >= 15 is 0 Å². The Morgan fingerprint density at radius 2 is 1.17 bits per heavy atom. The normalized spacial score (nSPS) is 17.7. The zero-order valence-electron chi connectivity index (χ0n) is 16.6. The molecule has 0 aromatic rings. The van der Waals surface area contributed by atoms with E-state index < -0.39 is 0 Å². The van der Waals surface area contributed by atoms with Crippen molar-refractivity contribution in [3.05, 3.63) is 0 Å². The lowest BCUT2D eigenvalue weighted by Gasteiger charge is -2.35. The summed E-state index contributed by atoms with van der Waals surface area (Å²) in [4.78, 5) is 2.52. The molecule has 1 fully saturated rings. The van der Waals surface area contributed by atoms with Crippen LogP contribution in [0.4, 0.5) is 0 Å². The second kappa shape index (κ2) is 14.3. The largest absolute Gasteiger partial charge is 0.306 e. The number of hydrogen-bond donors (Lipinski definition) is 0. The minimum absolute atomic E-state index is 0.855. The first-order valence-corrected chi connectivity index (χ1v) is 10.9. The van der Waals surface area contributed by atoms with E-state index in [9.17, 15) is 0 Å². The predicted octanol–water partition coefficient (Wildman–Crippen LogP) is 7.20. The lowest BCUT2D eigenvalue weighted by Crippen LogP contribution is -2.36. The Balaban J connectivity index is 1.95. The molecular weight excluding hydrogens is 278 g/mol. The van der Waals surface area contributed by atoms with Gasteiger partial charge in [-0.25, -0.2) is 0 Å². The number of rotatable bonds is 14. The van der Waals surface area contributed by atoms with Crippen LogP contribution in [0.15, 0.2) is 0 Å². The van der Waals surface area contributed by atoms with E-state index in [4.69, 9.17) is 0 Å². The highest BCUT2D eigenvalue weighted by molar-refractivity contribution is 4.79. The molecular formula is C22H45N. The average Bonchev–Trinajstić information content (AvgIpc) is 2.56. The van der Waals surface area contributed by atoms with Crippen molar-refractivity contribution in [1.29, 1.82) is 0 Å². The van der Waals surface area contributed by atoms with E-state index in [0.29, 0.717) is 0 Å². The average molecular weight is 324 g/mol. The fourth-order valence-corrected chi connectivity index (χ4v) is 4.45. The van der Waals surface area contributed by atoms with E-state index in [0.717, 1.165) is 12.0 Å². The van der Waals surface area contributed by atoms with Crippen LogP contribution in [0, 0.1) is 5.92 Å². The molecule has 1 aliphatic carbocycles. The fourth-order valence-electron chi connectivity index (χ4n) is 4.45. The summed E-state index contributed by atoms with van der Waals surface area (Å²) in [7, 11) is 4.61. The van der Waals surface area contributed by atoms with E-state index in [1.165, 1.54) is 109 Å². The fraction of sp³-hybridized carbons (Fsp3) is 1.00. The lowest BCUT2D eigenvalue weighted by atomic mass is 9.81. The standard InChI is InChI=1S/C22H45N/c1-4-5-6-7-8-9-10-11-12-13-17-20-22(23(2)3)21-18-15-14-16-19-21/h21-22H,4-20H2,1-3H3. The Labute approximate surface area is 147 Å². The van der Waals surface area contributed by atoms with Gasteiger partial charge in [0.25, 0.3) is 0 Å². The minimum Gasteiger partial charge on any atom is -0.306 e. The molecule has 0 N–H and O–H groups in total. The van der Waals surface area contributed by atoms with Crippen molar-refractivity contribution < 1.29 is 0 Å². The molecule has 0 radical (unpaired) electrons. The molecule has 23 heavy (non-hydrogen) atoms. The molecule has 0 bridgehead atoms. The van der Waals surface area contributed by atoms with Gasteiger partial charge in [-0.05, 0) is 39.3 Å². The van der Waals surface area contributed by atoms with E-state index in [-0.39, 0.29) is 0 Å². The van der Waals surface area contributed by atoms with Crippen molar-refractivity contribution in [2.24, 2.45) is 5.92 Å². The smallest absolute Gasteiger partial charge is 0.0117 e. The maximum atomic E-state index is 2.52. The molecule has 1 rings (SSSR count). The molecule has 1 saturated carbocycles. The van der Waals surface area contributed by atoms with Gasteiger partial charge in [0.05, 0.1) is 0 Å². The molecule has 1 nitrogen and oxygen atoms in total. The zero-order valence-corrected chi connectivity index (χ0v) is 16.6. The first-order chi connectivity index (χ1) is 11.3. The van der Waals surface area contributed by atoms with Crippen LogP contribution in [0.1, 0.15) is 116 Å². The minimum atomic E-state index is 0.855. The zero-order chi connectivity index (χ0) is 16.8. The Hall–Kier alpha value is -0.0400. The summed E-state index contributed by atoms with van der Waals surface area (Å²) in [5.41, 5.74) is 0. The van der Waals surface area contributed by atoms with Crippen LogP contribution in [0.2, 0.25) is 0 Å². The summed E-state index contributed by atoms with van der Waals surface area (Å²) in [6.45, 7) is 2.30. The van der Waals surface area contributed by atoms with Crippen molar-refractivity contribution in [2.45, 2.75) is 122 Å². The van der Waals surface area contributed by atoms with Gasteiger partial charge in [0.1, 0.15) is 0 Å². The summed E-state index contributed by atoms with van der Waals surface area (Å²) in [6.07, 6.45) is 24.9. The molecule has 0 saturated heterocycles. The summed E-state index contributed by atoms with van der Waals surface area (Å²) < 4.78 is 0. The summed E-state index contributed by atoms with van der Waals surface area (Å²) in [5.74, 6) is 0.988. The third-order valence-electron chi connectivity index (χ3n) is 5.96. The molecule has 138 valence electrons. The molecule has 1 aliphatic rings. The van der Waals surface area contributed by atoms with Gasteiger partial charge in [0.2, 0.25) is 0 Å². The van der Waals surface area contributed by atoms with Crippen molar-refractivity contribution in [1.82, 2.24) is 4.90 Å². The van der Waals surface area contributed by atoms with Crippen LogP contribution < -0.4 is 0 Å². The van der Waals surface area contributed by atoms with Crippen LogP contribution in [-0.4, -0.2) is 25.0 Å². The predicted molar refractivity (Wildman–Crippen MR) is 105 cm³/mol. The number of unbranched alkanes of at least 4 members (excludes halogenated alkanes) is 10. The second-order valence-corrected chi connectivity index (χ2v) is 8.25. The third kappa shape index (κ3) is 10.4. The van der Waals surface area contributed by atoms with Crippen molar-refractivity contribution in [3.63, 3.8) is 0 Å². The van der Waals surface area contributed by atoms with Crippen LogP contribution in [-0.2, 0) is 0 Å². The summed E-state index contributed by atoms with van der Waals surface area (Å²) in [5, 5.41) is 0. The number of nitrogens with zero attached hydrogens (tertiary/aromatic N) is 1. The van der Waals surface area contributed by atoms with Crippen molar-refractivity contribution in [2.75, 3.05) is 14.1 Å². The van der Waals surface area contributed by atoms with Gasteiger partial charge in [-0.15, -0.1) is 0 Å². The van der Waals surface area contributed by atoms with Crippen LogP contribution in [0.5, 0.6) is 0 Å². The highest BCUT2D eigenvalue weighted by atomic mass is 15.1. The first-order valence-electron chi connectivity index (χ1n) is 10.9. The maximum Gasteiger partial charge on any atom is 0.0117 e. The Morgan fingerprint density at radius 3 is 1.65 bits per heavy atom. The quantitative estimate of drug-likeness (QED) is 0.305. The van der Waals surface area contributed by atoms with Crippen molar-refractivity contribution >= 4 is 0 Å². The molecule has 1 heteroatoms. The van der Waals surface area contributed by atoms with Gasteiger partial charge in [-0.1, -0.05) is 96.8 Å². The van der Waals surface area contributed by atoms with E-state index in [1.54, 1.807) is 0 Å². The molecule has 0 aliphatic heterocycles. The van der Waals surface area contributed by atoms with Gasteiger partial charge in [0, 0.05) is 6.04 Å². The van der Waals surface area contributed by atoms with Gasteiger partial charge in [-0.3, -0.25) is 0 Å². The first kappa shape index (κ1) is 21.0. The molecule has 0 heterocycles. The number of hydrogen-bond acceptors (Lipinski definition) is 1. The Morgan fingerprint density at radius 1 is 0.696 bits per heavy atom. The van der Waals surface area contributed by atoms with Gasteiger partial charge in [0.15, 0.2) is 0 Å². The SMILES string of the molecule is CCCCCCCCCCCCCC(C1CCCCC1)N(C)C. The molecule has 1 unspecified atom stereocenters. The molecule has 0 spiro atoms. The van der Waals surface area contributed by atoms with Crippen molar-refractivity contribution in [3.8, 4) is 0 Å². The van der Waals surface area contributed by atoms with Gasteiger partial charge < -0.3 is 4.90 Å². The summed E-state index contributed by atoms with van der Waals surface area (Å²) in [6, 6.07) is 0.855.